The van der Waals surface area contributed by atoms with Gasteiger partial charge in [-0.15, -0.1) is 0 Å². The summed E-state index contributed by atoms with van der Waals surface area (Å²) in [7, 11) is -3.33. The van der Waals surface area contributed by atoms with Crippen LogP contribution in [0.1, 0.15) is 11.6 Å². The highest BCUT2D eigenvalue weighted by molar-refractivity contribution is 9.09. The van der Waals surface area contributed by atoms with Gasteiger partial charge in [-0.05, 0) is 12.1 Å². The lowest BCUT2D eigenvalue weighted by atomic mass is 10.1. The van der Waals surface area contributed by atoms with E-state index in [9.17, 15) is 8.42 Å². The molecule has 0 aromatic carbocycles. The summed E-state index contributed by atoms with van der Waals surface area (Å²) < 4.78 is 22.9. The molecule has 0 fully saturated rings. The number of halogens is 1. The molecule has 0 bridgehead atoms. The molecule has 6 heteroatoms. The highest BCUT2D eigenvalue weighted by Gasteiger charge is 2.20. The zero-order valence-electron chi connectivity index (χ0n) is 8.01. The van der Waals surface area contributed by atoms with Crippen molar-refractivity contribution in [2.24, 2.45) is 0 Å². The van der Waals surface area contributed by atoms with E-state index in [0.717, 1.165) is 6.26 Å². The number of nitrogens with zero attached hydrogens (tertiary/aromatic N) is 2. The topological polar surface area (TPSA) is 70.8 Å². The molecule has 0 spiro atoms. The fraction of sp³-hybridized carbons (Fsp3) is 0.333. The molecule has 0 amide bonds. The summed E-state index contributed by atoms with van der Waals surface area (Å²) in [6, 6.07) is 5.01. The lowest BCUT2D eigenvalue weighted by molar-refractivity contribution is 0.599. The Hall–Kier alpha value is -0.930. The molecule has 0 N–H and O–H groups in total. The Labute approximate surface area is 97.0 Å². The third-order valence-electron chi connectivity index (χ3n) is 1.84. The highest BCUT2D eigenvalue weighted by Crippen LogP contribution is 2.22. The summed E-state index contributed by atoms with van der Waals surface area (Å²) in [5.41, 5.74) is 0.305. The van der Waals surface area contributed by atoms with E-state index in [1.807, 2.05) is 6.07 Å². The molecule has 0 radical (unpaired) electrons. The van der Waals surface area contributed by atoms with Crippen molar-refractivity contribution in [3.05, 3.63) is 24.0 Å². The Bertz CT molecular complexity index is 493. The summed E-state index contributed by atoms with van der Waals surface area (Å²) in [5, 5.41) is 9.22. The van der Waals surface area contributed by atoms with E-state index in [1.54, 1.807) is 6.07 Å². The molecule has 1 heterocycles. The molecular formula is C9H9BrN2O2S. The number of sulfone groups is 1. The third kappa shape index (κ3) is 2.76. The monoisotopic (exact) mass is 288 g/mol. The summed E-state index contributed by atoms with van der Waals surface area (Å²) >= 11 is 3.16. The first kappa shape index (κ1) is 12.1. The van der Waals surface area contributed by atoms with E-state index in [2.05, 4.69) is 20.9 Å². The average Bonchev–Trinajstić information content (AvgIpc) is 2.19. The van der Waals surface area contributed by atoms with Crippen LogP contribution < -0.4 is 0 Å². The van der Waals surface area contributed by atoms with Crippen LogP contribution in [0, 0.1) is 11.3 Å². The van der Waals surface area contributed by atoms with E-state index in [0.29, 0.717) is 11.0 Å². The van der Waals surface area contributed by atoms with E-state index >= 15 is 0 Å². The lowest BCUT2D eigenvalue weighted by Gasteiger charge is -2.08. The minimum absolute atomic E-state index is 0.121. The van der Waals surface area contributed by atoms with Crippen molar-refractivity contribution >= 4 is 25.8 Å². The minimum atomic E-state index is -3.33. The molecular weight excluding hydrogens is 280 g/mol. The molecule has 4 nitrogen and oxygen atoms in total. The van der Waals surface area contributed by atoms with Gasteiger partial charge < -0.3 is 0 Å². The summed E-state index contributed by atoms with van der Waals surface area (Å²) in [6.45, 7) is 0. The van der Waals surface area contributed by atoms with Crippen LogP contribution in [0.2, 0.25) is 0 Å². The molecule has 0 saturated carbocycles. The number of rotatable bonds is 3. The Morgan fingerprint density at radius 2 is 2.33 bits per heavy atom. The van der Waals surface area contributed by atoms with Crippen molar-refractivity contribution < 1.29 is 8.42 Å². The van der Waals surface area contributed by atoms with Crippen LogP contribution in [0.5, 0.6) is 0 Å². The normalized spacial score (nSPS) is 13.1. The van der Waals surface area contributed by atoms with Gasteiger partial charge in [-0.25, -0.2) is 8.42 Å². The zero-order chi connectivity index (χ0) is 11.5. The first-order valence-corrected chi connectivity index (χ1v) is 7.12. The number of aromatic nitrogens is 1. The van der Waals surface area contributed by atoms with Gasteiger partial charge in [-0.3, -0.25) is 4.98 Å². The van der Waals surface area contributed by atoms with E-state index < -0.39 is 15.8 Å². The second-order valence-electron chi connectivity index (χ2n) is 2.99. The predicted molar refractivity (Wildman–Crippen MR) is 59.5 cm³/mol. The molecule has 1 rings (SSSR count). The smallest absolute Gasteiger partial charge is 0.177 e. The molecule has 15 heavy (non-hydrogen) atoms. The first-order valence-electron chi connectivity index (χ1n) is 4.11. The van der Waals surface area contributed by atoms with Gasteiger partial charge in [-0.1, -0.05) is 15.9 Å². The Morgan fingerprint density at radius 1 is 1.67 bits per heavy atom. The van der Waals surface area contributed by atoms with Gasteiger partial charge in [0.15, 0.2) is 9.84 Å². The number of pyridine rings is 1. The summed E-state index contributed by atoms with van der Waals surface area (Å²) in [4.78, 5) is 4.08. The van der Waals surface area contributed by atoms with Crippen LogP contribution in [0.25, 0.3) is 0 Å². The van der Waals surface area contributed by atoms with Crippen LogP contribution in [-0.4, -0.2) is 25.0 Å². The molecule has 80 valence electrons. The summed E-state index contributed by atoms with van der Waals surface area (Å²) in [6.07, 6.45) is 2.59. The van der Waals surface area contributed by atoms with Crippen molar-refractivity contribution in [2.45, 2.75) is 10.8 Å². The quantitative estimate of drug-likeness (QED) is 0.790. The maximum Gasteiger partial charge on any atom is 0.177 e. The first-order chi connectivity index (χ1) is 7.00. The molecule has 1 aromatic heterocycles. The maximum atomic E-state index is 11.4. The minimum Gasteiger partial charge on any atom is -0.259 e. The van der Waals surface area contributed by atoms with Crippen molar-refractivity contribution in [2.75, 3.05) is 11.6 Å². The van der Waals surface area contributed by atoms with Gasteiger partial charge in [0, 0.05) is 17.8 Å². The second kappa shape index (κ2) is 4.73. The van der Waals surface area contributed by atoms with Crippen molar-refractivity contribution in [3.8, 4) is 6.07 Å². The van der Waals surface area contributed by atoms with Gasteiger partial charge in [0.05, 0.1) is 22.6 Å². The van der Waals surface area contributed by atoms with E-state index in [-0.39, 0.29) is 4.90 Å². The number of hydrogen-bond donors (Lipinski definition) is 0. The van der Waals surface area contributed by atoms with Gasteiger partial charge in [0.2, 0.25) is 0 Å². The highest BCUT2D eigenvalue weighted by atomic mass is 79.9. The fourth-order valence-corrected chi connectivity index (χ4v) is 2.50. The van der Waals surface area contributed by atoms with E-state index in [4.69, 9.17) is 5.26 Å². The lowest BCUT2D eigenvalue weighted by Crippen LogP contribution is -2.09. The predicted octanol–water partition coefficient (Wildman–Crippen LogP) is 1.49. The zero-order valence-corrected chi connectivity index (χ0v) is 10.4. The van der Waals surface area contributed by atoms with Gasteiger partial charge >= 0.3 is 0 Å². The Morgan fingerprint density at radius 3 is 2.80 bits per heavy atom. The number of hydrogen-bond acceptors (Lipinski definition) is 4. The van der Waals surface area contributed by atoms with Crippen molar-refractivity contribution in [1.29, 1.82) is 5.26 Å². The van der Waals surface area contributed by atoms with E-state index in [1.165, 1.54) is 12.3 Å². The van der Waals surface area contributed by atoms with Crippen LogP contribution >= 0.6 is 15.9 Å². The van der Waals surface area contributed by atoms with Gasteiger partial charge in [-0.2, -0.15) is 5.26 Å². The van der Waals surface area contributed by atoms with Gasteiger partial charge in [0.25, 0.3) is 0 Å². The van der Waals surface area contributed by atoms with Crippen molar-refractivity contribution in [1.82, 2.24) is 4.98 Å². The fourth-order valence-electron chi connectivity index (χ4n) is 1.15. The van der Waals surface area contributed by atoms with Crippen LogP contribution in [0.3, 0.4) is 0 Å². The molecule has 1 aromatic rings. The third-order valence-corrected chi connectivity index (χ3v) is 3.63. The second-order valence-corrected chi connectivity index (χ2v) is 5.63. The van der Waals surface area contributed by atoms with Crippen LogP contribution in [0.4, 0.5) is 0 Å². The molecule has 0 aliphatic rings. The van der Waals surface area contributed by atoms with Gasteiger partial charge in [0.1, 0.15) is 0 Å². The average molecular weight is 289 g/mol. The molecule has 0 aliphatic carbocycles. The SMILES string of the molecule is CS(=O)(=O)c1cccnc1C(C#N)CBr. The standard InChI is InChI=1S/C9H9BrN2O2S/c1-15(13,14)8-3-2-4-12-9(8)7(5-10)6-11/h2-4,7H,5H2,1H3. The molecule has 1 atom stereocenters. The molecule has 0 saturated heterocycles. The molecule has 1 unspecified atom stereocenters. The summed E-state index contributed by atoms with van der Waals surface area (Å²) in [5.74, 6) is -0.545. The van der Waals surface area contributed by atoms with Crippen molar-refractivity contribution in [3.63, 3.8) is 0 Å². The maximum absolute atomic E-state index is 11.4. The largest absolute Gasteiger partial charge is 0.259 e. The Balaban J connectivity index is 3.38. The Kier molecular flexibility index (Phi) is 3.83. The number of alkyl halides is 1. The molecule has 0 aliphatic heterocycles. The van der Waals surface area contributed by atoms with Crippen LogP contribution in [0.15, 0.2) is 23.2 Å². The number of nitriles is 1. The van der Waals surface area contributed by atoms with Crippen LogP contribution in [-0.2, 0) is 9.84 Å².